The minimum absolute atomic E-state index is 0.400. The molecule has 0 unspecified atom stereocenters. The van der Waals surface area contributed by atoms with Crippen LogP contribution in [0.15, 0.2) is 64.1 Å². The van der Waals surface area contributed by atoms with E-state index in [2.05, 4.69) is 15.5 Å². The first-order chi connectivity index (χ1) is 9.33. The number of fused-ring (bicyclic) bond motifs is 1. The van der Waals surface area contributed by atoms with E-state index in [0.29, 0.717) is 6.01 Å². The fraction of sp³-hybridized carbons (Fsp3) is 0.0667. The number of para-hydroxylation sites is 2. The molecule has 0 aliphatic carbocycles. The molecule has 2 aromatic carbocycles. The first-order valence-electron chi connectivity index (χ1n) is 6.04. The number of aromatic nitrogens is 1. The molecule has 0 radical (unpaired) electrons. The molecule has 0 aliphatic rings. The molecule has 1 aromatic heterocycles. The van der Waals surface area contributed by atoms with Crippen molar-refractivity contribution in [2.75, 3.05) is 5.43 Å². The third kappa shape index (κ3) is 2.47. The molecule has 0 spiro atoms. The maximum atomic E-state index is 5.52. The summed E-state index contributed by atoms with van der Waals surface area (Å²) < 4.78 is 5.52. The lowest BCUT2D eigenvalue weighted by atomic mass is 10.1. The molecule has 0 amide bonds. The smallest absolute Gasteiger partial charge is 0.316 e. The number of oxazole rings is 1. The number of hydrazone groups is 1. The number of hydrogen-bond donors (Lipinski definition) is 1. The molecule has 19 heavy (non-hydrogen) atoms. The Morgan fingerprint density at radius 2 is 1.79 bits per heavy atom. The average Bonchev–Trinajstić information content (AvgIpc) is 2.88. The van der Waals surface area contributed by atoms with Crippen molar-refractivity contribution in [3.8, 4) is 0 Å². The lowest BCUT2D eigenvalue weighted by Gasteiger charge is -1.99. The SMILES string of the molecule is C/C(=N\Nc1nc2ccccc2o1)c1ccccc1. The van der Waals surface area contributed by atoms with Crippen molar-refractivity contribution in [3.05, 3.63) is 60.2 Å². The summed E-state index contributed by atoms with van der Waals surface area (Å²) in [6.45, 7) is 1.94. The predicted molar refractivity (Wildman–Crippen MR) is 76.3 cm³/mol. The molecule has 0 fully saturated rings. The standard InChI is InChI=1S/C15H13N3O/c1-11(12-7-3-2-4-8-12)17-18-15-16-13-9-5-6-10-14(13)19-15/h2-10H,1H3,(H,16,18)/b17-11+. The zero-order valence-electron chi connectivity index (χ0n) is 10.5. The van der Waals surface area contributed by atoms with Crippen LogP contribution in [0, 0.1) is 0 Å². The lowest BCUT2D eigenvalue weighted by Crippen LogP contribution is -1.99. The lowest BCUT2D eigenvalue weighted by molar-refractivity contribution is 0.617. The molecule has 94 valence electrons. The van der Waals surface area contributed by atoms with Gasteiger partial charge in [0.1, 0.15) is 5.52 Å². The van der Waals surface area contributed by atoms with E-state index < -0.39 is 0 Å². The van der Waals surface area contributed by atoms with Gasteiger partial charge in [0.2, 0.25) is 0 Å². The van der Waals surface area contributed by atoms with Gasteiger partial charge in [-0.2, -0.15) is 10.1 Å². The van der Waals surface area contributed by atoms with Gasteiger partial charge in [-0.25, -0.2) is 5.43 Å². The molecule has 0 saturated heterocycles. The summed E-state index contributed by atoms with van der Waals surface area (Å²) in [5, 5.41) is 4.27. The van der Waals surface area contributed by atoms with Crippen molar-refractivity contribution in [2.45, 2.75) is 6.92 Å². The van der Waals surface area contributed by atoms with Crippen LogP contribution in [0.3, 0.4) is 0 Å². The topological polar surface area (TPSA) is 50.4 Å². The Labute approximate surface area is 110 Å². The third-order valence-electron chi connectivity index (χ3n) is 2.80. The molecule has 0 aliphatic heterocycles. The van der Waals surface area contributed by atoms with E-state index in [0.717, 1.165) is 22.4 Å². The van der Waals surface area contributed by atoms with Crippen molar-refractivity contribution in [2.24, 2.45) is 5.10 Å². The molecule has 3 rings (SSSR count). The van der Waals surface area contributed by atoms with Crippen molar-refractivity contribution < 1.29 is 4.42 Å². The molecular weight excluding hydrogens is 238 g/mol. The summed E-state index contributed by atoms with van der Waals surface area (Å²) in [6, 6.07) is 18.0. The maximum absolute atomic E-state index is 5.52. The second-order valence-electron chi connectivity index (χ2n) is 4.16. The molecule has 1 heterocycles. The van der Waals surface area contributed by atoms with Gasteiger partial charge in [0.25, 0.3) is 0 Å². The van der Waals surface area contributed by atoms with Gasteiger partial charge in [-0.1, -0.05) is 42.5 Å². The van der Waals surface area contributed by atoms with Crippen molar-refractivity contribution >= 4 is 22.8 Å². The zero-order chi connectivity index (χ0) is 13.1. The number of rotatable bonds is 3. The Bertz CT molecular complexity index is 683. The first kappa shape index (κ1) is 11.5. The van der Waals surface area contributed by atoms with Crippen LogP contribution < -0.4 is 5.43 Å². The molecule has 4 heteroatoms. The quantitative estimate of drug-likeness (QED) is 0.571. The minimum Gasteiger partial charge on any atom is -0.422 e. The number of hydrogen-bond acceptors (Lipinski definition) is 4. The number of nitrogens with one attached hydrogen (secondary N) is 1. The monoisotopic (exact) mass is 251 g/mol. The van der Waals surface area contributed by atoms with Gasteiger partial charge < -0.3 is 4.42 Å². The van der Waals surface area contributed by atoms with E-state index in [1.807, 2.05) is 61.5 Å². The van der Waals surface area contributed by atoms with Gasteiger partial charge in [0.05, 0.1) is 5.71 Å². The largest absolute Gasteiger partial charge is 0.422 e. The summed E-state index contributed by atoms with van der Waals surface area (Å²) in [6.07, 6.45) is 0. The molecule has 1 N–H and O–H groups in total. The number of nitrogens with zero attached hydrogens (tertiary/aromatic N) is 2. The van der Waals surface area contributed by atoms with Crippen LogP contribution in [0.1, 0.15) is 12.5 Å². The van der Waals surface area contributed by atoms with Crippen molar-refractivity contribution in [1.29, 1.82) is 0 Å². The van der Waals surface area contributed by atoms with E-state index in [1.54, 1.807) is 0 Å². The van der Waals surface area contributed by atoms with Gasteiger partial charge in [-0.05, 0) is 24.6 Å². The summed E-state index contributed by atoms with van der Waals surface area (Å²) in [7, 11) is 0. The Morgan fingerprint density at radius 3 is 2.58 bits per heavy atom. The van der Waals surface area contributed by atoms with Gasteiger partial charge in [-0.3, -0.25) is 0 Å². The number of benzene rings is 2. The second-order valence-corrected chi connectivity index (χ2v) is 4.16. The molecule has 0 saturated carbocycles. The van der Waals surface area contributed by atoms with Crippen LogP contribution >= 0.6 is 0 Å². The summed E-state index contributed by atoms with van der Waals surface area (Å²) in [4.78, 5) is 4.29. The van der Waals surface area contributed by atoms with Crippen molar-refractivity contribution in [1.82, 2.24) is 4.98 Å². The summed E-state index contributed by atoms with van der Waals surface area (Å²) in [5.41, 5.74) is 6.35. The van der Waals surface area contributed by atoms with E-state index in [-0.39, 0.29) is 0 Å². The van der Waals surface area contributed by atoms with Gasteiger partial charge in [-0.15, -0.1) is 0 Å². The summed E-state index contributed by atoms with van der Waals surface area (Å²) >= 11 is 0. The molecule has 4 nitrogen and oxygen atoms in total. The number of anilines is 1. The van der Waals surface area contributed by atoms with Crippen LogP contribution in [-0.2, 0) is 0 Å². The molecule has 0 atom stereocenters. The van der Waals surface area contributed by atoms with Gasteiger partial charge in [0.15, 0.2) is 5.58 Å². The van der Waals surface area contributed by atoms with Crippen LogP contribution in [0.25, 0.3) is 11.1 Å². The fourth-order valence-corrected chi connectivity index (χ4v) is 1.80. The molecule has 3 aromatic rings. The molecule has 0 bridgehead atoms. The van der Waals surface area contributed by atoms with E-state index in [9.17, 15) is 0 Å². The van der Waals surface area contributed by atoms with Gasteiger partial charge >= 0.3 is 6.01 Å². The summed E-state index contributed by atoms with van der Waals surface area (Å²) in [5.74, 6) is 0. The normalized spacial score (nSPS) is 11.7. The third-order valence-corrected chi connectivity index (χ3v) is 2.80. The highest BCUT2D eigenvalue weighted by Gasteiger charge is 2.03. The van der Waals surface area contributed by atoms with Crippen LogP contribution in [0.5, 0.6) is 0 Å². The Hall–Kier alpha value is -2.62. The van der Waals surface area contributed by atoms with E-state index >= 15 is 0 Å². The molecular formula is C15H13N3O. The maximum Gasteiger partial charge on any atom is 0.316 e. The van der Waals surface area contributed by atoms with E-state index in [1.165, 1.54) is 0 Å². The Morgan fingerprint density at radius 1 is 1.05 bits per heavy atom. The predicted octanol–water partition coefficient (Wildman–Crippen LogP) is 3.66. The average molecular weight is 251 g/mol. The van der Waals surface area contributed by atoms with Crippen LogP contribution in [0.2, 0.25) is 0 Å². The highest BCUT2D eigenvalue weighted by Crippen LogP contribution is 2.18. The van der Waals surface area contributed by atoms with Crippen LogP contribution in [-0.4, -0.2) is 10.7 Å². The van der Waals surface area contributed by atoms with E-state index in [4.69, 9.17) is 4.42 Å². The highest BCUT2D eigenvalue weighted by molar-refractivity contribution is 5.98. The van der Waals surface area contributed by atoms with Crippen molar-refractivity contribution in [3.63, 3.8) is 0 Å². The Balaban J connectivity index is 1.82. The zero-order valence-corrected chi connectivity index (χ0v) is 10.5. The first-order valence-corrected chi connectivity index (χ1v) is 6.04. The highest BCUT2D eigenvalue weighted by atomic mass is 16.4. The minimum atomic E-state index is 0.400. The Kier molecular flexibility index (Phi) is 2.98. The second kappa shape index (κ2) is 4.94. The van der Waals surface area contributed by atoms with Crippen LogP contribution in [0.4, 0.5) is 6.01 Å². The fourth-order valence-electron chi connectivity index (χ4n) is 1.80. The van der Waals surface area contributed by atoms with Gasteiger partial charge in [0, 0.05) is 0 Å².